The second-order valence-corrected chi connectivity index (χ2v) is 4.29. The Bertz CT molecular complexity index is 482. The fraction of sp³-hybridized carbons (Fsp3) is 0.417. The number of nitrogens with two attached hydrogens (primary N) is 1. The van der Waals surface area contributed by atoms with E-state index < -0.39 is 23.8 Å². The highest BCUT2D eigenvalue weighted by Crippen LogP contribution is 2.35. The Hall–Kier alpha value is -1.76. The van der Waals surface area contributed by atoms with Crippen LogP contribution >= 0.6 is 0 Å². The third-order valence-electron chi connectivity index (χ3n) is 2.85. The predicted molar refractivity (Wildman–Crippen MR) is 63.5 cm³/mol. The number of nitrogens with one attached hydrogen (secondary N) is 1. The molecule has 1 fully saturated rings. The van der Waals surface area contributed by atoms with Gasteiger partial charge >= 0.3 is 6.18 Å². The summed E-state index contributed by atoms with van der Waals surface area (Å²) >= 11 is 0. The van der Waals surface area contributed by atoms with Crippen molar-refractivity contribution >= 4 is 17.3 Å². The van der Waals surface area contributed by atoms with E-state index in [2.05, 4.69) is 5.32 Å². The van der Waals surface area contributed by atoms with E-state index >= 15 is 0 Å². The molecule has 1 amide bonds. The molecule has 1 heterocycles. The van der Waals surface area contributed by atoms with Crippen LogP contribution in [0, 0.1) is 0 Å². The van der Waals surface area contributed by atoms with Gasteiger partial charge in [-0.2, -0.15) is 13.2 Å². The van der Waals surface area contributed by atoms with Crippen LogP contribution in [0.5, 0.6) is 0 Å². The maximum Gasteiger partial charge on any atom is 0.418 e. The summed E-state index contributed by atoms with van der Waals surface area (Å²) in [5.74, 6) is -0.435. The number of carbonyl (C=O) groups is 1. The van der Waals surface area contributed by atoms with Crippen molar-refractivity contribution in [1.82, 2.24) is 0 Å². The summed E-state index contributed by atoms with van der Waals surface area (Å²) in [5.41, 5.74) is 4.00. The van der Waals surface area contributed by atoms with Crippen LogP contribution in [-0.2, 0) is 15.7 Å². The monoisotopic (exact) mass is 274 g/mol. The minimum atomic E-state index is -4.55. The molecule has 1 saturated heterocycles. The highest BCUT2D eigenvalue weighted by atomic mass is 19.4. The molecule has 1 atom stereocenters. The molecule has 0 bridgehead atoms. The Morgan fingerprint density at radius 1 is 1.42 bits per heavy atom. The van der Waals surface area contributed by atoms with Crippen LogP contribution in [0.15, 0.2) is 18.2 Å². The molecule has 0 radical (unpaired) electrons. The Balaban J connectivity index is 2.15. The van der Waals surface area contributed by atoms with Gasteiger partial charge in [0.2, 0.25) is 0 Å². The molecule has 1 unspecified atom stereocenters. The fourth-order valence-corrected chi connectivity index (χ4v) is 1.89. The van der Waals surface area contributed by atoms with Gasteiger partial charge in [0, 0.05) is 18.0 Å². The number of alkyl halides is 3. The van der Waals surface area contributed by atoms with E-state index in [0.717, 1.165) is 18.6 Å². The molecule has 19 heavy (non-hydrogen) atoms. The number of ether oxygens (including phenoxy) is 1. The average Bonchev–Trinajstić information content (AvgIpc) is 2.83. The van der Waals surface area contributed by atoms with Gasteiger partial charge < -0.3 is 15.8 Å². The molecule has 7 heteroatoms. The number of carbonyl (C=O) groups excluding carboxylic acids is 1. The van der Waals surface area contributed by atoms with Crippen molar-refractivity contribution in [3.63, 3.8) is 0 Å². The first kappa shape index (κ1) is 13.7. The number of halogens is 3. The highest BCUT2D eigenvalue weighted by molar-refractivity contribution is 5.94. The topological polar surface area (TPSA) is 64.3 Å². The second kappa shape index (κ2) is 5.08. The molecule has 2 rings (SSSR count). The number of nitrogen functional groups attached to an aromatic ring is 1. The zero-order chi connectivity index (χ0) is 14.0. The molecular weight excluding hydrogens is 261 g/mol. The molecule has 0 saturated carbocycles. The first-order chi connectivity index (χ1) is 8.88. The summed E-state index contributed by atoms with van der Waals surface area (Å²) in [6, 6.07) is 3.27. The number of hydrogen-bond acceptors (Lipinski definition) is 3. The van der Waals surface area contributed by atoms with Gasteiger partial charge in [-0.25, -0.2) is 0 Å². The molecule has 104 valence electrons. The van der Waals surface area contributed by atoms with E-state index in [1.807, 2.05) is 0 Å². The number of anilines is 2. The lowest BCUT2D eigenvalue weighted by Gasteiger charge is -2.14. The van der Waals surface area contributed by atoms with E-state index in [9.17, 15) is 18.0 Å². The summed E-state index contributed by atoms with van der Waals surface area (Å²) < 4.78 is 43.1. The zero-order valence-corrected chi connectivity index (χ0v) is 9.96. The summed E-state index contributed by atoms with van der Waals surface area (Å²) in [7, 11) is 0. The number of benzene rings is 1. The molecule has 3 N–H and O–H groups in total. The van der Waals surface area contributed by atoms with E-state index in [1.165, 1.54) is 6.07 Å². The summed E-state index contributed by atoms with van der Waals surface area (Å²) in [6.45, 7) is 0.494. The molecule has 1 aliphatic rings. The van der Waals surface area contributed by atoms with Crippen LogP contribution in [0.2, 0.25) is 0 Å². The first-order valence-corrected chi connectivity index (χ1v) is 5.77. The highest BCUT2D eigenvalue weighted by Gasteiger charge is 2.33. The van der Waals surface area contributed by atoms with Gasteiger partial charge in [0.05, 0.1) is 5.56 Å². The molecule has 0 aliphatic carbocycles. The Labute approximate surface area is 107 Å². The normalized spacial score (nSPS) is 19.4. The Morgan fingerprint density at radius 3 is 2.74 bits per heavy atom. The maximum atomic E-state index is 12.6. The van der Waals surface area contributed by atoms with E-state index in [0.29, 0.717) is 13.0 Å². The molecule has 0 spiro atoms. The quantitative estimate of drug-likeness (QED) is 0.814. The van der Waals surface area contributed by atoms with Gasteiger partial charge in [-0.3, -0.25) is 4.79 Å². The van der Waals surface area contributed by atoms with Crippen molar-refractivity contribution in [2.24, 2.45) is 0 Å². The lowest BCUT2D eigenvalue weighted by Crippen LogP contribution is -2.27. The van der Waals surface area contributed by atoms with Gasteiger partial charge in [-0.1, -0.05) is 0 Å². The standard InChI is InChI=1S/C12H13F3N2O2/c13-12(14,15)8-6-7(3-4-9(8)16)17-11(18)10-2-1-5-19-10/h3-4,6,10H,1-2,5,16H2,(H,17,18). The minimum Gasteiger partial charge on any atom is -0.398 e. The smallest absolute Gasteiger partial charge is 0.398 e. The van der Waals surface area contributed by atoms with Crippen molar-refractivity contribution in [1.29, 1.82) is 0 Å². The SMILES string of the molecule is Nc1ccc(NC(=O)C2CCCO2)cc1C(F)(F)F. The molecule has 0 aromatic heterocycles. The van der Waals surface area contributed by atoms with Gasteiger partial charge in [0.1, 0.15) is 6.10 Å². The molecule has 1 aromatic rings. The van der Waals surface area contributed by atoms with Gasteiger partial charge in [0.15, 0.2) is 0 Å². The Morgan fingerprint density at radius 2 is 2.16 bits per heavy atom. The number of hydrogen-bond donors (Lipinski definition) is 2. The van der Waals surface area contributed by atoms with Crippen LogP contribution in [0.3, 0.4) is 0 Å². The third-order valence-corrected chi connectivity index (χ3v) is 2.85. The first-order valence-electron chi connectivity index (χ1n) is 5.77. The zero-order valence-electron chi connectivity index (χ0n) is 9.96. The third kappa shape index (κ3) is 3.17. The largest absolute Gasteiger partial charge is 0.418 e. The van der Waals surface area contributed by atoms with Crippen LogP contribution in [-0.4, -0.2) is 18.6 Å². The van der Waals surface area contributed by atoms with Gasteiger partial charge in [-0.05, 0) is 31.0 Å². The molecule has 1 aliphatic heterocycles. The second-order valence-electron chi connectivity index (χ2n) is 4.29. The lowest BCUT2D eigenvalue weighted by atomic mass is 10.1. The summed E-state index contributed by atoms with van der Waals surface area (Å²) in [6.07, 6.45) is -3.79. The van der Waals surface area contributed by atoms with Crippen molar-refractivity contribution in [3.05, 3.63) is 23.8 Å². The van der Waals surface area contributed by atoms with Crippen molar-refractivity contribution in [3.8, 4) is 0 Å². The van der Waals surface area contributed by atoms with E-state index in [1.54, 1.807) is 0 Å². The average molecular weight is 274 g/mol. The van der Waals surface area contributed by atoms with Crippen LogP contribution in [0.25, 0.3) is 0 Å². The van der Waals surface area contributed by atoms with Crippen LogP contribution in [0.4, 0.5) is 24.5 Å². The Kier molecular flexibility index (Phi) is 3.66. The van der Waals surface area contributed by atoms with Crippen molar-refractivity contribution < 1.29 is 22.7 Å². The molecule has 1 aromatic carbocycles. The van der Waals surface area contributed by atoms with Gasteiger partial charge in [-0.15, -0.1) is 0 Å². The number of rotatable bonds is 2. The molecular formula is C12H13F3N2O2. The summed E-state index contributed by atoms with van der Waals surface area (Å²) in [5, 5.41) is 2.40. The maximum absolute atomic E-state index is 12.6. The summed E-state index contributed by atoms with van der Waals surface area (Å²) in [4.78, 5) is 11.7. The number of amides is 1. The molecule has 4 nitrogen and oxygen atoms in total. The van der Waals surface area contributed by atoms with E-state index in [4.69, 9.17) is 10.5 Å². The van der Waals surface area contributed by atoms with Crippen molar-refractivity contribution in [2.45, 2.75) is 25.1 Å². The van der Waals surface area contributed by atoms with E-state index in [-0.39, 0.29) is 11.4 Å². The lowest BCUT2D eigenvalue weighted by molar-refractivity contribution is -0.137. The minimum absolute atomic E-state index is 0.0574. The van der Waals surface area contributed by atoms with Crippen LogP contribution in [0.1, 0.15) is 18.4 Å². The fourth-order valence-electron chi connectivity index (χ4n) is 1.89. The van der Waals surface area contributed by atoms with Crippen molar-refractivity contribution in [2.75, 3.05) is 17.7 Å². The van der Waals surface area contributed by atoms with Crippen LogP contribution < -0.4 is 11.1 Å². The predicted octanol–water partition coefficient (Wildman–Crippen LogP) is 2.41. The van der Waals surface area contributed by atoms with Gasteiger partial charge in [0.25, 0.3) is 5.91 Å².